The predicted octanol–water partition coefficient (Wildman–Crippen LogP) is 0.473. The van der Waals surface area contributed by atoms with E-state index in [4.69, 9.17) is 5.73 Å². The smallest absolute Gasteiger partial charge is 0.148 e. The van der Waals surface area contributed by atoms with Crippen LogP contribution < -0.4 is 5.73 Å². The third kappa shape index (κ3) is 6.97. The molecule has 0 spiro atoms. The Kier molecular flexibility index (Phi) is 6.03. The highest BCUT2D eigenvalue weighted by Gasteiger charge is 2.06. The van der Waals surface area contributed by atoms with E-state index in [-0.39, 0.29) is 5.75 Å². The summed E-state index contributed by atoms with van der Waals surface area (Å²) in [6, 6.07) is 7.89. The average Bonchev–Trinajstić information content (AvgIpc) is 2.35. The van der Waals surface area contributed by atoms with Crippen molar-refractivity contribution >= 4 is 9.84 Å². The van der Waals surface area contributed by atoms with Gasteiger partial charge in [-0.05, 0) is 24.7 Å². The summed E-state index contributed by atoms with van der Waals surface area (Å²) >= 11 is 0. The van der Waals surface area contributed by atoms with Crippen LogP contribution in [0.4, 0.5) is 0 Å². The van der Waals surface area contributed by atoms with Crippen molar-refractivity contribution in [1.29, 1.82) is 0 Å². The van der Waals surface area contributed by atoms with Gasteiger partial charge in [0.1, 0.15) is 9.84 Å². The Morgan fingerprint density at radius 2 is 1.89 bits per heavy atom. The Labute approximate surface area is 115 Å². The van der Waals surface area contributed by atoms with Gasteiger partial charge in [0.2, 0.25) is 0 Å². The van der Waals surface area contributed by atoms with E-state index >= 15 is 0 Å². The molecular formula is C14H20N2O2S. The zero-order chi connectivity index (χ0) is 14.3. The number of benzene rings is 1. The molecule has 0 saturated carbocycles. The molecule has 0 amide bonds. The number of hydrogen-bond donors (Lipinski definition) is 1. The van der Waals surface area contributed by atoms with Gasteiger partial charge < -0.3 is 10.6 Å². The van der Waals surface area contributed by atoms with Crippen LogP contribution in [0.15, 0.2) is 24.3 Å². The third-order valence-electron chi connectivity index (χ3n) is 2.59. The molecule has 0 aliphatic heterocycles. The molecule has 0 aliphatic carbocycles. The lowest BCUT2D eigenvalue weighted by atomic mass is 10.1. The minimum absolute atomic E-state index is 0.184. The maximum Gasteiger partial charge on any atom is 0.148 e. The summed E-state index contributed by atoms with van der Waals surface area (Å²) in [6.07, 6.45) is 1.26. The van der Waals surface area contributed by atoms with Crippen molar-refractivity contribution in [3.05, 3.63) is 35.4 Å². The van der Waals surface area contributed by atoms with Crippen molar-refractivity contribution in [2.45, 2.75) is 6.54 Å². The van der Waals surface area contributed by atoms with Crippen LogP contribution in [0.3, 0.4) is 0 Å². The summed E-state index contributed by atoms with van der Waals surface area (Å²) in [5.74, 6) is 5.95. The molecular weight excluding hydrogens is 260 g/mol. The summed E-state index contributed by atoms with van der Waals surface area (Å²) in [4.78, 5) is 1.99. The summed E-state index contributed by atoms with van der Waals surface area (Å²) in [7, 11) is -0.990. The highest BCUT2D eigenvalue weighted by Crippen LogP contribution is 2.06. The molecule has 0 fully saturated rings. The van der Waals surface area contributed by atoms with Crippen molar-refractivity contribution < 1.29 is 8.42 Å². The Morgan fingerprint density at radius 3 is 2.42 bits per heavy atom. The molecule has 0 atom stereocenters. The first-order valence-electron chi connectivity index (χ1n) is 6.05. The van der Waals surface area contributed by atoms with Crippen molar-refractivity contribution in [2.75, 3.05) is 32.1 Å². The van der Waals surface area contributed by atoms with Crippen molar-refractivity contribution in [2.24, 2.45) is 5.73 Å². The maximum atomic E-state index is 11.1. The molecule has 0 aliphatic rings. The van der Waals surface area contributed by atoms with Crippen LogP contribution in [0.5, 0.6) is 0 Å². The fourth-order valence-electron chi connectivity index (χ4n) is 1.56. The summed E-state index contributed by atoms with van der Waals surface area (Å²) in [5, 5.41) is 0. The number of sulfone groups is 1. The number of hydrogen-bond acceptors (Lipinski definition) is 4. The van der Waals surface area contributed by atoms with Gasteiger partial charge in [-0.2, -0.15) is 0 Å². The second-order valence-electron chi connectivity index (χ2n) is 4.57. The molecule has 0 unspecified atom stereocenters. The molecule has 19 heavy (non-hydrogen) atoms. The van der Waals surface area contributed by atoms with E-state index in [1.165, 1.54) is 6.26 Å². The Hall–Kier alpha value is -1.35. The first kappa shape index (κ1) is 15.7. The predicted molar refractivity (Wildman–Crippen MR) is 78.4 cm³/mol. The molecule has 0 aromatic heterocycles. The van der Waals surface area contributed by atoms with Gasteiger partial charge in [-0.15, -0.1) is 0 Å². The maximum absolute atomic E-state index is 11.1. The van der Waals surface area contributed by atoms with Crippen LogP contribution in [-0.4, -0.2) is 45.5 Å². The number of nitrogens with two attached hydrogens (primary N) is 1. The van der Waals surface area contributed by atoms with Crippen LogP contribution in [0, 0.1) is 11.8 Å². The highest BCUT2D eigenvalue weighted by atomic mass is 32.2. The van der Waals surface area contributed by atoms with E-state index in [0.29, 0.717) is 13.1 Å². The van der Waals surface area contributed by atoms with Gasteiger partial charge in [-0.25, -0.2) is 8.42 Å². The van der Waals surface area contributed by atoms with Gasteiger partial charge in [0.15, 0.2) is 0 Å². The van der Waals surface area contributed by atoms with Gasteiger partial charge in [-0.1, -0.05) is 24.0 Å². The molecule has 1 rings (SSSR count). The number of rotatable bonds is 5. The van der Waals surface area contributed by atoms with E-state index in [9.17, 15) is 8.42 Å². The van der Waals surface area contributed by atoms with E-state index in [1.54, 1.807) is 0 Å². The standard InChI is InChI=1S/C14H20N2O2S/c1-16(10-11-19(2,17)18)12-14-7-5-13(6-8-14)4-3-9-15/h5-8H,9-12,15H2,1-2H3. The van der Waals surface area contributed by atoms with Crippen LogP contribution in [0.25, 0.3) is 0 Å². The molecule has 2 N–H and O–H groups in total. The molecule has 5 heteroatoms. The van der Waals surface area contributed by atoms with E-state index in [0.717, 1.165) is 17.7 Å². The van der Waals surface area contributed by atoms with E-state index in [1.807, 2.05) is 36.2 Å². The molecule has 0 saturated heterocycles. The molecule has 0 radical (unpaired) electrons. The topological polar surface area (TPSA) is 63.4 Å². The van der Waals surface area contributed by atoms with Crippen molar-refractivity contribution in [3.8, 4) is 11.8 Å². The fourth-order valence-corrected chi connectivity index (χ4v) is 2.20. The Morgan fingerprint density at radius 1 is 1.26 bits per heavy atom. The van der Waals surface area contributed by atoms with Crippen molar-refractivity contribution in [1.82, 2.24) is 4.90 Å². The average molecular weight is 280 g/mol. The van der Waals surface area contributed by atoms with Crippen molar-refractivity contribution in [3.63, 3.8) is 0 Å². The van der Waals surface area contributed by atoms with E-state index in [2.05, 4.69) is 11.8 Å². The Bertz CT molecular complexity index is 553. The second kappa shape index (κ2) is 7.29. The first-order valence-corrected chi connectivity index (χ1v) is 8.11. The molecule has 0 bridgehead atoms. The van der Waals surface area contributed by atoms with Gasteiger partial charge in [0.25, 0.3) is 0 Å². The molecule has 4 nitrogen and oxygen atoms in total. The van der Waals surface area contributed by atoms with Crippen LogP contribution >= 0.6 is 0 Å². The lowest BCUT2D eigenvalue weighted by Gasteiger charge is -2.15. The minimum Gasteiger partial charge on any atom is -0.320 e. The van der Waals surface area contributed by atoms with Crippen LogP contribution in [0.2, 0.25) is 0 Å². The van der Waals surface area contributed by atoms with E-state index < -0.39 is 9.84 Å². The normalized spacial score (nSPS) is 11.2. The van der Waals surface area contributed by atoms with Gasteiger partial charge in [0, 0.05) is 24.9 Å². The lowest BCUT2D eigenvalue weighted by Crippen LogP contribution is -2.24. The fraction of sp³-hybridized carbons (Fsp3) is 0.429. The zero-order valence-electron chi connectivity index (χ0n) is 11.4. The van der Waals surface area contributed by atoms with Gasteiger partial charge >= 0.3 is 0 Å². The van der Waals surface area contributed by atoms with Gasteiger partial charge in [0.05, 0.1) is 12.3 Å². The summed E-state index contributed by atoms with van der Waals surface area (Å²) < 4.78 is 22.2. The second-order valence-corrected chi connectivity index (χ2v) is 6.83. The largest absolute Gasteiger partial charge is 0.320 e. The third-order valence-corrected chi connectivity index (χ3v) is 3.51. The summed E-state index contributed by atoms with van der Waals surface area (Å²) in [5.41, 5.74) is 7.38. The van der Waals surface area contributed by atoms with Crippen LogP contribution in [0.1, 0.15) is 11.1 Å². The minimum atomic E-state index is -2.90. The molecule has 1 aromatic carbocycles. The Balaban J connectivity index is 2.53. The zero-order valence-corrected chi connectivity index (χ0v) is 12.2. The lowest BCUT2D eigenvalue weighted by molar-refractivity contribution is 0.346. The first-order chi connectivity index (χ1) is 8.90. The van der Waals surface area contributed by atoms with Crippen LogP contribution in [-0.2, 0) is 16.4 Å². The SMILES string of the molecule is CN(CCS(C)(=O)=O)Cc1ccc(C#CCN)cc1. The molecule has 0 heterocycles. The quantitative estimate of drug-likeness (QED) is 0.797. The summed E-state index contributed by atoms with van der Waals surface area (Å²) in [6.45, 7) is 1.61. The number of nitrogens with zero attached hydrogens (tertiary/aromatic N) is 1. The molecule has 104 valence electrons. The monoisotopic (exact) mass is 280 g/mol. The highest BCUT2D eigenvalue weighted by molar-refractivity contribution is 7.90. The molecule has 1 aromatic rings. The van der Waals surface area contributed by atoms with Gasteiger partial charge in [-0.3, -0.25) is 0 Å².